The minimum atomic E-state index is -0.573. The van der Waals surface area contributed by atoms with E-state index in [9.17, 15) is 14.9 Å². The van der Waals surface area contributed by atoms with Crippen molar-refractivity contribution in [3.8, 4) is 5.75 Å². The van der Waals surface area contributed by atoms with E-state index in [2.05, 4.69) is 26.2 Å². The molecule has 0 bridgehead atoms. The summed E-state index contributed by atoms with van der Waals surface area (Å²) in [4.78, 5) is 26.3. The van der Waals surface area contributed by atoms with Gasteiger partial charge in [-0.05, 0) is 34.1 Å². The minimum absolute atomic E-state index is 0.0245. The summed E-state index contributed by atoms with van der Waals surface area (Å²) in [5, 5.41) is 13.4. The molecule has 1 heterocycles. The molecule has 0 saturated heterocycles. The van der Waals surface area contributed by atoms with Gasteiger partial charge in [0.2, 0.25) is 0 Å². The summed E-state index contributed by atoms with van der Waals surface area (Å²) < 4.78 is 5.71. The maximum atomic E-state index is 12.1. The first kappa shape index (κ1) is 14.9. The molecule has 0 atom stereocenters. The highest BCUT2D eigenvalue weighted by Crippen LogP contribution is 2.27. The second-order valence-corrected chi connectivity index (χ2v) is 4.88. The summed E-state index contributed by atoms with van der Waals surface area (Å²) in [6, 6.07) is 7.26. The van der Waals surface area contributed by atoms with Crippen molar-refractivity contribution in [2.24, 2.45) is 0 Å². The molecule has 0 spiro atoms. The predicted octanol–water partition coefficient (Wildman–Crippen LogP) is 3.01. The lowest BCUT2D eigenvalue weighted by atomic mass is 10.1. The second kappa shape index (κ2) is 6.31. The SMILES string of the molecule is COc1cc(C(=O)Nc2ccc(Br)cn2)ccc1[N+](=O)[O-]. The fourth-order valence-electron chi connectivity index (χ4n) is 1.61. The van der Waals surface area contributed by atoms with Crippen LogP contribution in [0, 0.1) is 10.1 Å². The number of hydrogen-bond donors (Lipinski definition) is 1. The van der Waals surface area contributed by atoms with Gasteiger partial charge in [0.25, 0.3) is 5.91 Å². The number of carbonyl (C=O) groups excluding carboxylic acids is 1. The topological polar surface area (TPSA) is 94.4 Å². The third-order valence-electron chi connectivity index (χ3n) is 2.61. The maximum Gasteiger partial charge on any atom is 0.310 e. The molecule has 8 heteroatoms. The van der Waals surface area contributed by atoms with Gasteiger partial charge in [-0.25, -0.2) is 4.98 Å². The molecule has 1 aromatic heterocycles. The molecule has 2 aromatic rings. The number of pyridine rings is 1. The Labute approximate surface area is 128 Å². The molecule has 0 aliphatic rings. The molecule has 21 heavy (non-hydrogen) atoms. The summed E-state index contributed by atoms with van der Waals surface area (Å²) >= 11 is 3.24. The fourth-order valence-corrected chi connectivity index (χ4v) is 1.84. The van der Waals surface area contributed by atoms with Crippen LogP contribution in [0.1, 0.15) is 10.4 Å². The second-order valence-electron chi connectivity index (χ2n) is 3.96. The van der Waals surface area contributed by atoms with Crippen LogP contribution in [-0.2, 0) is 0 Å². The number of amides is 1. The number of carbonyl (C=O) groups is 1. The Morgan fingerprint density at radius 2 is 2.14 bits per heavy atom. The van der Waals surface area contributed by atoms with Gasteiger partial charge in [0.05, 0.1) is 12.0 Å². The van der Waals surface area contributed by atoms with Crippen molar-refractivity contribution in [1.82, 2.24) is 4.98 Å². The van der Waals surface area contributed by atoms with Crippen LogP contribution in [0.25, 0.3) is 0 Å². The lowest BCUT2D eigenvalue weighted by Gasteiger charge is -2.06. The molecular formula is C13H10BrN3O4. The van der Waals surface area contributed by atoms with Gasteiger partial charge in [-0.2, -0.15) is 0 Å². The molecule has 7 nitrogen and oxygen atoms in total. The van der Waals surface area contributed by atoms with E-state index in [0.717, 1.165) is 4.47 Å². The molecule has 2 rings (SSSR count). The first-order valence-electron chi connectivity index (χ1n) is 5.76. The summed E-state index contributed by atoms with van der Waals surface area (Å²) in [7, 11) is 1.31. The summed E-state index contributed by atoms with van der Waals surface area (Å²) in [5.74, 6) is -0.0324. The van der Waals surface area contributed by atoms with E-state index in [1.165, 1.54) is 25.3 Å². The van der Waals surface area contributed by atoms with Crippen molar-refractivity contribution >= 4 is 33.3 Å². The molecule has 0 aliphatic heterocycles. The molecule has 108 valence electrons. The average Bonchev–Trinajstić information content (AvgIpc) is 2.48. The number of hydrogen-bond acceptors (Lipinski definition) is 5. The average molecular weight is 352 g/mol. The third kappa shape index (κ3) is 3.54. The first-order chi connectivity index (χ1) is 10.0. The Balaban J connectivity index is 2.23. The lowest BCUT2D eigenvalue weighted by molar-refractivity contribution is -0.385. The molecule has 0 fully saturated rings. The smallest absolute Gasteiger partial charge is 0.310 e. The minimum Gasteiger partial charge on any atom is -0.490 e. The Hall–Kier alpha value is -2.48. The number of aromatic nitrogens is 1. The number of nitro benzene ring substituents is 1. The van der Waals surface area contributed by atoms with Crippen molar-refractivity contribution < 1.29 is 14.5 Å². The van der Waals surface area contributed by atoms with Crippen LogP contribution in [0.3, 0.4) is 0 Å². The van der Waals surface area contributed by atoms with Gasteiger partial charge >= 0.3 is 5.69 Å². The summed E-state index contributed by atoms with van der Waals surface area (Å²) in [6.45, 7) is 0. The Bertz CT molecular complexity index is 688. The van der Waals surface area contributed by atoms with Crippen molar-refractivity contribution in [3.05, 3.63) is 56.7 Å². The van der Waals surface area contributed by atoms with Crippen LogP contribution in [0.5, 0.6) is 5.75 Å². The number of nitro groups is 1. The lowest BCUT2D eigenvalue weighted by Crippen LogP contribution is -2.13. The van der Waals surface area contributed by atoms with Crippen molar-refractivity contribution in [3.63, 3.8) is 0 Å². The third-order valence-corrected chi connectivity index (χ3v) is 3.08. The predicted molar refractivity (Wildman–Crippen MR) is 79.5 cm³/mol. The maximum absolute atomic E-state index is 12.1. The van der Waals surface area contributed by atoms with E-state index in [1.807, 2.05) is 0 Å². The molecule has 1 aromatic carbocycles. The van der Waals surface area contributed by atoms with Crippen LogP contribution in [-0.4, -0.2) is 22.9 Å². The molecule has 0 unspecified atom stereocenters. The van der Waals surface area contributed by atoms with Crippen LogP contribution in [0.2, 0.25) is 0 Å². The van der Waals surface area contributed by atoms with Gasteiger partial charge in [0.1, 0.15) is 5.82 Å². The Morgan fingerprint density at radius 1 is 1.38 bits per heavy atom. The molecule has 1 N–H and O–H groups in total. The van der Waals surface area contributed by atoms with Gasteiger partial charge in [-0.3, -0.25) is 14.9 Å². The molecule has 1 amide bonds. The highest BCUT2D eigenvalue weighted by atomic mass is 79.9. The van der Waals surface area contributed by atoms with E-state index < -0.39 is 10.8 Å². The van der Waals surface area contributed by atoms with Gasteiger partial charge in [0.15, 0.2) is 5.75 Å². The number of benzene rings is 1. The Kier molecular flexibility index (Phi) is 4.49. The zero-order valence-electron chi connectivity index (χ0n) is 10.9. The number of ether oxygens (including phenoxy) is 1. The highest BCUT2D eigenvalue weighted by molar-refractivity contribution is 9.10. The van der Waals surface area contributed by atoms with Gasteiger partial charge in [0, 0.05) is 28.4 Å². The first-order valence-corrected chi connectivity index (χ1v) is 6.56. The number of methoxy groups -OCH3 is 1. The zero-order valence-corrected chi connectivity index (χ0v) is 12.5. The highest BCUT2D eigenvalue weighted by Gasteiger charge is 2.17. The van der Waals surface area contributed by atoms with Crippen molar-refractivity contribution in [2.45, 2.75) is 0 Å². The summed E-state index contributed by atoms with van der Waals surface area (Å²) in [5.41, 5.74) is 0.0398. The van der Waals surface area contributed by atoms with Crippen LogP contribution in [0.15, 0.2) is 41.0 Å². The van der Waals surface area contributed by atoms with Crippen molar-refractivity contribution in [1.29, 1.82) is 0 Å². The quantitative estimate of drug-likeness (QED) is 0.674. The summed E-state index contributed by atoms with van der Waals surface area (Å²) in [6.07, 6.45) is 1.55. The number of nitrogens with zero attached hydrogens (tertiary/aromatic N) is 2. The van der Waals surface area contributed by atoms with E-state index in [0.29, 0.717) is 5.82 Å². The Morgan fingerprint density at radius 3 is 2.71 bits per heavy atom. The standard InChI is InChI=1S/C13H10BrN3O4/c1-21-11-6-8(2-4-10(11)17(19)20)13(18)16-12-5-3-9(14)7-15-12/h2-7H,1H3,(H,15,16,18). The number of anilines is 1. The van der Waals surface area contributed by atoms with Gasteiger partial charge < -0.3 is 10.1 Å². The van der Waals surface area contributed by atoms with E-state index >= 15 is 0 Å². The zero-order chi connectivity index (χ0) is 15.4. The molecule has 0 saturated carbocycles. The van der Waals surface area contributed by atoms with Crippen LogP contribution >= 0.6 is 15.9 Å². The van der Waals surface area contributed by atoms with Gasteiger partial charge in [-0.15, -0.1) is 0 Å². The molecule has 0 aliphatic carbocycles. The molecule has 0 radical (unpaired) electrons. The van der Waals surface area contributed by atoms with E-state index in [-0.39, 0.29) is 17.0 Å². The fraction of sp³-hybridized carbons (Fsp3) is 0.0769. The number of nitrogens with one attached hydrogen (secondary N) is 1. The van der Waals surface area contributed by atoms with Crippen LogP contribution in [0.4, 0.5) is 11.5 Å². The van der Waals surface area contributed by atoms with Crippen molar-refractivity contribution in [2.75, 3.05) is 12.4 Å². The van der Waals surface area contributed by atoms with Crippen LogP contribution < -0.4 is 10.1 Å². The van der Waals surface area contributed by atoms with E-state index in [1.54, 1.807) is 18.3 Å². The molecular weight excluding hydrogens is 342 g/mol. The monoisotopic (exact) mass is 351 g/mol. The van der Waals surface area contributed by atoms with E-state index in [4.69, 9.17) is 4.74 Å². The normalized spacial score (nSPS) is 10.0. The number of rotatable bonds is 4. The number of halogens is 1. The van der Waals surface area contributed by atoms with Gasteiger partial charge in [-0.1, -0.05) is 0 Å². The largest absolute Gasteiger partial charge is 0.490 e.